The van der Waals surface area contributed by atoms with Gasteiger partial charge in [-0.25, -0.2) is 4.98 Å². The van der Waals surface area contributed by atoms with E-state index in [1.807, 2.05) is 25.3 Å². The minimum absolute atomic E-state index is 0.0117. The van der Waals surface area contributed by atoms with E-state index in [-0.39, 0.29) is 5.56 Å². The Morgan fingerprint density at radius 2 is 2.10 bits per heavy atom. The van der Waals surface area contributed by atoms with Gasteiger partial charge < -0.3 is 5.73 Å². The third kappa shape index (κ3) is 2.73. The smallest absolute Gasteiger partial charge is 0.258 e. The summed E-state index contributed by atoms with van der Waals surface area (Å²) in [5.74, 6) is 0. The maximum absolute atomic E-state index is 12.1. The van der Waals surface area contributed by atoms with Crippen LogP contribution < -0.4 is 11.3 Å². The highest BCUT2D eigenvalue weighted by atomic mass is 16.1. The highest BCUT2D eigenvalue weighted by Crippen LogP contribution is 2.11. The highest BCUT2D eigenvalue weighted by molar-refractivity contribution is 5.39. The summed E-state index contributed by atoms with van der Waals surface area (Å²) in [7, 11) is 0. The molecule has 3 heterocycles. The normalized spacial score (nSPS) is 17.7. The lowest BCUT2D eigenvalue weighted by atomic mass is 10.1. The average Bonchev–Trinajstić information content (AvgIpc) is 2.42. The molecule has 2 aromatic heterocycles. The van der Waals surface area contributed by atoms with E-state index in [0.29, 0.717) is 11.7 Å². The molecule has 5 heteroatoms. The Balaban J connectivity index is 1.85. The van der Waals surface area contributed by atoms with Gasteiger partial charge in [-0.05, 0) is 31.4 Å². The second-order valence-corrected chi connectivity index (χ2v) is 5.63. The summed E-state index contributed by atoms with van der Waals surface area (Å²) in [6, 6.07) is 5.84. The fourth-order valence-corrected chi connectivity index (χ4v) is 2.68. The number of likely N-dealkylation sites (tertiary alicyclic amines) is 1. The van der Waals surface area contributed by atoms with E-state index in [9.17, 15) is 4.79 Å². The molecule has 0 radical (unpaired) electrons. The van der Waals surface area contributed by atoms with Crippen molar-refractivity contribution in [3.8, 4) is 0 Å². The molecule has 0 saturated carbocycles. The molecule has 1 fully saturated rings. The van der Waals surface area contributed by atoms with Crippen molar-refractivity contribution >= 4 is 5.65 Å². The maximum atomic E-state index is 12.1. The molecular formula is C15H20N4O. The fraction of sp³-hybridized carbons (Fsp3) is 0.467. The number of nitrogens with two attached hydrogens (primary N) is 1. The number of hydrogen-bond acceptors (Lipinski definition) is 4. The van der Waals surface area contributed by atoms with E-state index >= 15 is 0 Å². The van der Waals surface area contributed by atoms with E-state index in [1.165, 1.54) is 0 Å². The second kappa shape index (κ2) is 5.34. The van der Waals surface area contributed by atoms with Crippen molar-refractivity contribution in [3.05, 3.63) is 46.0 Å². The summed E-state index contributed by atoms with van der Waals surface area (Å²) in [6.45, 7) is 4.66. The standard InChI is InChI=1S/C15H20N4O/c1-11-2-3-14-17-13(8-15(20)19(14)9-11)10-18-6-4-12(16)5-7-18/h2-3,8-9,12H,4-7,10,16H2,1H3. The molecule has 20 heavy (non-hydrogen) atoms. The van der Waals surface area contributed by atoms with E-state index < -0.39 is 0 Å². The first-order valence-electron chi connectivity index (χ1n) is 7.09. The third-order valence-corrected chi connectivity index (χ3v) is 3.88. The molecule has 0 unspecified atom stereocenters. The summed E-state index contributed by atoms with van der Waals surface area (Å²) in [5.41, 5.74) is 8.51. The monoisotopic (exact) mass is 272 g/mol. The van der Waals surface area contributed by atoms with Crippen molar-refractivity contribution in [2.75, 3.05) is 13.1 Å². The van der Waals surface area contributed by atoms with Crippen molar-refractivity contribution in [3.63, 3.8) is 0 Å². The molecule has 1 aliphatic rings. The largest absolute Gasteiger partial charge is 0.328 e. The molecule has 1 saturated heterocycles. The lowest BCUT2D eigenvalue weighted by Gasteiger charge is -2.29. The molecule has 0 aliphatic carbocycles. The van der Waals surface area contributed by atoms with Gasteiger partial charge in [-0.1, -0.05) is 6.07 Å². The van der Waals surface area contributed by atoms with Gasteiger partial charge in [0.2, 0.25) is 0 Å². The van der Waals surface area contributed by atoms with Gasteiger partial charge in [0.25, 0.3) is 5.56 Å². The SMILES string of the molecule is Cc1ccc2nc(CN3CCC(N)CC3)cc(=O)n2c1. The van der Waals surface area contributed by atoms with Gasteiger partial charge in [0.15, 0.2) is 0 Å². The van der Waals surface area contributed by atoms with Crippen LogP contribution in [0.5, 0.6) is 0 Å². The molecule has 106 valence electrons. The first-order valence-corrected chi connectivity index (χ1v) is 7.09. The summed E-state index contributed by atoms with van der Waals surface area (Å²) >= 11 is 0. The van der Waals surface area contributed by atoms with Crippen molar-refractivity contribution in [1.82, 2.24) is 14.3 Å². The molecule has 0 bridgehead atoms. The van der Waals surface area contributed by atoms with Crippen LogP contribution in [0.1, 0.15) is 24.1 Å². The Labute approximate surface area is 118 Å². The zero-order valence-corrected chi connectivity index (χ0v) is 11.7. The zero-order valence-electron chi connectivity index (χ0n) is 11.7. The first kappa shape index (κ1) is 13.3. The molecule has 3 rings (SSSR count). The Bertz CT molecular complexity index is 671. The Morgan fingerprint density at radius 3 is 2.85 bits per heavy atom. The molecule has 0 amide bonds. The molecule has 2 aromatic rings. The van der Waals surface area contributed by atoms with Crippen LogP contribution in [0.25, 0.3) is 5.65 Å². The van der Waals surface area contributed by atoms with E-state index in [0.717, 1.165) is 43.7 Å². The molecule has 0 aromatic carbocycles. The van der Waals surface area contributed by atoms with E-state index in [2.05, 4.69) is 9.88 Å². The second-order valence-electron chi connectivity index (χ2n) is 5.63. The van der Waals surface area contributed by atoms with Crippen molar-refractivity contribution < 1.29 is 0 Å². The molecular weight excluding hydrogens is 252 g/mol. The van der Waals surface area contributed by atoms with Gasteiger partial charge in [-0.15, -0.1) is 0 Å². The summed E-state index contributed by atoms with van der Waals surface area (Å²) < 4.78 is 1.60. The number of piperidine rings is 1. The van der Waals surface area contributed by atoms with Crippen LogP contribution in [-0.4, -0.2) is 33.4 Å². The third-order valence-electron chi connectivity index (χ3n) is 3.88. The topological polar surface area (TPSA) is 63.6 Å². The van der Waals surface area contributed by atoms with Gasteiger partial charge in [-0.3, -0.25) is 14.1 Å². The minimum atomic E-state index is -0.0117. The summed E-state index contributed by atoms with van der Waals surface area (Å²) in [6.07, 6.45) is 3.87. The summed E-state index contributed by atoms with van der Waals surface area (Å²) in [5, 5.41) is 0. The Morgan fingerprint density at radius 1 is 1.35 bits per heavy atom. The average molecular weight is 272 g/mol. The van der Waals surface area contributed by atoms with Crippen LogP contribution in [0.15, 0.2) is 29.2 Å². The fourth-order valence-electron chi connectivity index (χ4n) is 2.68. The lowest BCUT2D eigenvalue weighted by molar-refractivity contribution is 0.203. The highest BCUT2D eigenvalue weighted by Gasteiger charge is 2.16. The Kier molecular flexibility index (Phi) is 3.54. The first-order chi connectivity index (χ1) is 9.61. The van der Waals surface area contributed by atoms with Gasteiger partial charge in [0, 0.05) is 37.9 Å². The van der Waals surface area contributed by atoms with Gasteiger partial charge >= 0.3 is 0 Å². The maximum Gasteiger partial charge on any atom is 0.258 e. The van der Waals surface area contributed by atoms with Crippen LogP contribution in [0, 0.1) is 6.92 Å². The number of aromatic nitrogens is 2. The molecule has 5 nitrogen and oxygen atoms in total. The van der Waals surface area contributed by atoms with E-state index in [1.54, 1.807) is 10.5 Å². The number of pyridine rings is 1. The van der Waals surface area contributed by atoms with Crippen LogP contribution in [0.3, 0.4) is 0 Å². The predicted molar refractivity (Wildman–Crippen MR) is 78.7 cm³/mol. The van der Waals surface area contributed by atoms with Crippen molar-refractivity contribution in [2.24, 2.45) is 5.73 Å². The molecule has 2 N–H and O–H groups in total. The molecule has 1 aliphatic heterocycles. The van der Waals surface area contributed by atoms with Crippen LogP contribution in [0.4, 0.5) is 0 Å². The number of nitrogens with zero attached hydrogens (tertiary/aromatic N) is 3. The number of aryl methyl sites for hydroxylation is 1. The van der Waals surface area contributed by atoms with Crippen LogP contribution in [0.2, 0.25) is 0 Å². The predicted octanol–water partition coefficient (Wildman–Crippen LogP) is 0.926. The quantitative estimate of drug-likeness (QED) is 0.883. The molecule has 0 spiro atoms. The lowest BCUT2D eigenvalue weighted by Crippen LogP contribution is -2.39. The summed E-state index contributed by atoms with van der Waals surface area (Å²) in [4.78, 5) is 19.0. The number of rotatable bonds is 2. The Hall–Kier alpha value is -1.72. The minimum Gasteiger partial charge on any atom is -0.328 e. The zero-order chi connectivity index (χ0) is 14.1. The molecule has 0 atom stereocenters. The number of fused-ring (bicyclic) bond motifs is 1. The van der Waals surface area contributed by atoms with E-state index in [4.69, 9.17) is 5.73 Å². The van der Waals surface area contributed by atoms with Gasteiger partial charge in [-0.2, -0.15) is 0 Å². The van der Waals surface area contributed by atoms with Gasteiger partial charge in [0.05, 0.1) is 5.69 Å². The van der Waals surface area contributed by atoms with Crippen LogP contribution in [-0.2, 0) is 6.54 Å². The van der Waals surface area contributed by atoms with Crippen molar-refractivity contribution in [2.45, 2.75) is 32.4 Å². The van der Waals surface area contributed by atoms with Crippen molar-refractivity contribution in [1.29, 1.82) is 0 Å². The number of hydrogen-bond donors (Lipinski definition) is 1. The van der Waals surface area contributed by atoms with Crippen LogP contribution >= 0.6 is 0 Å². The van der Waals surface area contributed by atoms with Gasteiger partial charge in [0.1, 0.15) is 5.65 Å².